The molecule has 0 unspecified atom stereocenters. The summed E-state index contributed by atoms with van der Waals surface area (Å²) >= 11 is 3.47. The van der Waals surface area contributed by atoms with Gasteiger partial charge in [-0.2, -0.15) is 0 Å². The molecule has 2 N–H and O–H groups in total. The minimum Gasteiger partial charge on any atom is -0.330 e. The highest BCUT2D eigenvalue weighted by Crippen LogP contribution is 2.14. The van der Waals surface area contributed by atoms with Crippen molar-refractivity contribution >= 4 is 15.9 Å². The third-order valence-electron chi connectivity index (χ3n) is 2.61. The molecule has 0 atom stereocenters. The smallest absolute Gasteiger partial charge is 0.133 e. The van der Waals surface area contributed by atoms with Crippen molar-refractivity contribution in [2.45, 2.75) is 19.8 Å². The largest absolute Gasteiger partial charge is 0.330 e. The van der Waals surface area contributed by atoms with Gasteiger partial charge in [-0.25, -0.2) is 9.97 Å². The molecule has 0 aliphatic rings. The second-order valence-corrected chi connectivity index (χ2v) is 5.18. The molecule has 1 aromatic carbocycles. The molecule has 1 aromatic heterocycles. The predicted octanol–water partition coefficient (Wildman–Crippen LogP) is 2.64. The fraction of sp³-hybridized carbons (Fsp3) is 0.286. The molecule has 0 aliphatic heterocycles. The molecular weight excluding hydrogens is 290 g/mol. The van der Waals surface area contributed by atoms with Crippen LogP contribution in [0, 0.1) is 6.92 Å². The average Bonchev–Trinajstić information content (AvgIpc) is 2.28. The maximum absolute atomic E-state index is 5.57. The Morgan fingerprint density at radius 3 is 2.78 bits per heavy atom. The number of aryl methyl sites for hydroxylation is 1. The van der Waals surface area contributed by atoms with E-state index < -0.39 is 0 Å². The predicted molar refractivity (Wildman–Crippen MR) is 76.5 cm³/mol. The van der Waals surface area contributed by atoms with Crippen molar-refractivity contribution in [2.75, 3.05) is 6.54 Å². The fourth-order valence-electron chi connectivity index (χ4n) is 1.88. The van der Waals surface area contributed by atoms with E-state index >= 15 is 0 Å². The molecule has 0 radical (unpaired) electrons. The Kier molecular flexibility index (Phi) is 4.44. The number of aromatic nitrogens is 2. The van der Waals surface area contributed by atoms with Crippen LogP contribution >= 0.6 is 15.9 Å². The van der Waals surface area contributed by atoms with Crippen molar-refractivity contribution in [1.82, 2.24) is 9.97 Å². The first-order chi connectivity index (χ1) is 8.67. The fourth-order valence-corrected chi connectivity index (χ4v) is 2.33. The summed E-state index contributed by atoms with van der Waals surface area (Å²) in [6.07, 6.45) is 1.55. The van der Waals surface area contributed by atoms with E-state index in [0.29, 0.717) is 6.54 Å². The topological polar surface area (TPSA) is 51.8 Å². The van der Waals surface area contributed by atoms with E-state index in [1.807, 2.05) is 25.1 Å². The van der Waals surface area contributed by atoms with Gasteiger partial charge in [-0.3, -0.25) is 0 Å². The van der Waals surface area contributed by atoms with Crippen LogP contribution < -0.4 is 5.73 Å². The molecule has 3 nitrogen and oxygen atoms in total. The summed E-state index contributed by atoms with van der Waals surface area (Å²) in [5.74, 6) is 0.858. The minimum absolute atomic E-state index is 0.618. The summed E-state index contributed by atoms with van der Waals surface area (Å²) in [5.41, 5.74) is 8.79. The highest BCUT2D eigenvalue weighted by atomic mass is 79.9. The van der Waals surface area contributed by atoms with Gasteiger partial charge in [-0.15, -0.1) is 0 Å². The normalized spacial score (nSPS) is 10.6. The number of hydrogen-bond donors (Lipinski definition) is 1. The van der Waals surface area contributed by atoms with E-state index in [4.69, 9.17) is 5.73 Å². The maximum Gasteiger partial charge on any atom is 0.133 e. The summed E-state index contributed by atoms with van der Waals surface area (Å²) in [6, 6.07) is 10.2. The minimum atomic E-state index is 0.618. The molecule has 94 valence electrons. The number of benzene rings is 1. The summed E-state index contributed by atoms with van der Waals surface area (Å²) in [7, 11) is 0. The van der Waals surface area contributed by atoms with Crippen molar-refractivity contribution in [3.8, 4) is 0 Å². The Hall–Kier alpha value is -1.26. The second kappa shape index (κ2) is 6.07. The molecule has 2 aromatic rings. The van der Waals surface area contributed by atoms with Crippen molar-refractivity contribution in [1.29, 1.82) is 0 Å². The van der Waals surface area contributed by atoms with Crippen LogP contribution in [0.3, 0.4) is 0 Å². The van der Waals surface area contributed by atoms with Crippen LogP contribution in [0.4, 0.5) is 0 Å². The Balaban J connectivity index is 2.23. The molecule has 0 fully saturated rings. The lowest BCUT2D eigenvalue weighted by Gasteiger charge is -2.06. The Bertz CT molecular complexity index is 540. The van der Waals surface area contributed by atoms with Crippen molar-refractivity contribution in [2.24, 2.45) is 5.73 Å². The average molecular weight is 306 g/mol. The van der Waals surface area contributed by atoms with Crippen molar-refractivity contribution in [3.63, 3.8) is 0 Å². The Morgan fingerprint density at radius 1 is 1.22 bits per heavy atom. The lowest BCUT2D eigenvalue weighted by molar-refractivity contribution is 0.853. The molecule has 0 bridgehead atoms. The number of nitrogens with zero attached hydrogens (tertiary/aromatic N) is 2. The molecule has 0 spiro atoms. The first-order valence-electron chi connectivity index (χ1n) is 5.95. The van der Waals surface area contributed by atoms with Crippen LogP contribution in [0.2, 0.25) is 0 Å². The third-order valence-corrected chi connectivity index (χ3v) is 3.10. The van der Waals surface area contributed by atoms with E-state index in [2.05, 4.69) is 38.0 Å². The second-order valence-electron chi connectivity index (χ2n) is 4.26. The van der Waals surface area contributed by atoms with Crippen molar-refractivity contribution in [3.05, 3.63) is 57.6 Å². The van der Waals surface area contributed by atoms with Gasteiger partial charge in [0.05, 0.1) is 0 Å². The highest BCUT2D eigenvalue weighted by molar-refractivity contribution is 9.10. The van der Waals surface area contributed by atoms with Gasteiger partial charge in [-0.05, 0) is 37.2 Å². The number of nitrogens with two attached hydrogens (primary N) is 1. The van der Waals surface area contributed by atoms with Gasteiger partial charge in [0.1, 0.15) is 5.82 Å². The van der Waals surface area contributed by atoms with E-state index in [0.717, 1.165) is 34.5 Å². The Labute approximate surface area is 116 Å². The standard InChI is InChI=1S/C14H16BrN3/c1-10-7-13(5-6-16)18-14(17-10)9-11-3-2-4-12(15)8-11/h2-4,7-8H,5-6,9,16H2,1H3. The number of rotatable bonds is 4. The van der Waals surface area contributed by atoms with Gasteiger partial charge in [0.2, 0.25) is 0 Å². The zero-order chi connectivity index (χ0) is 13.0. The molecule has 1 heterocycles. The summed E-state index contributed by atoms with van der Waals surface area (Å²) in [6.45, 7) is 2.61. The maximum atomic E-state index is 5.57. The summed E-state index contributed by atoms with van der Waals surface area (Å²) in [5, 5.41) is 0. The van der Waals surface area contributed by atoms with Gasteiger partial charge in [0, 0.05) is 28.7 Å². The molecule has 2 rings (SSSR count). The zero-order valence-electron chi connectivity index (χ0n) is 10.4. The highest BCUT2D eigenvalue weighted by Gasteiger charge is 2.04. The third kappa shape index (κ3) is 3.62. The van der Waals surface area contributed by atoms with E-state index in [-0.39, 0.29) is 0 Å². The number of hydrogen-bond acceptors (Lipinski definition) is 3. The van der Waals surface area contributed by atoms with Crippen LogP contribution in [0.5, 0.6) is 0 Å². The monoisotopic (exact) mass is 305 g/mol. The van der Waals surface area contributed by atoms with E-state index in [1.165, 1.54) is 5.56 Å². The molecular formula is C14H16BrN3. The van der Waals surface area contributed by atoms with Crippen LogP contribution in [-0.4, -0.2) is 16.5 Å². The van der Waals surface area contributed by atoms with E-state index in [1.54, 1.807) is 0 Å². The molecule has 0 saturated heterocycles. The quantitative estimate of drug-likeness (QED) is 0.945. The molecule has 0 saturated carbocycles. The zero-order valence-corrected chi connectivity index (χ0v) is 11.9. The molecule has 0 aliphatic carbocycles. The van der Waals surface area contributed by atoms with Gasteiger partial charge in [0.15, 0.2) is 0 Å². The van der Waals surface area contributed by atoms with Crippen LogP contribution in [-0.2, 0) is 12.8 Å². The summed E-state index contributed by atoms with van der Waals surface area (Å²) in [4.78, 5) is 9.02. The van der Waals surface area contributed by atoms with Gasteiger partial charge >= 0.3 is 0 Å². The molecule has 18 heavy (non-hydrogen) atoms. The molecule has 4 heteroatoms. The van der Waals surface area contributed by atoms with Crippen LogP contribution in [0.1, 0.15) is 22.8 Å². The molecule has 0 amide bonds. The first-order valence-corrected chi connectivity index (χ1v) is 6.74. The van der Waals surface area contributed by atoms with Gasteiger partial charge in [0.25, 0.3) is 0 Å². The first kappa shape index (κ1) is 13.2. The SMILES string of the molecule is Cc1cc(CCN)nc(Cc2cccc(Br)c2)n1. The Morgan fingerprint density at radius 2 is 2.06 bits per heavy atom. The van der Waals surface area contributed by atoms with Crippen molar-refractivity contribution < 1.29 is 0 Å². The van der Waals surface area contributed by atoms with Crippen LogP contribution in [0.25, 0.3) is 0 Å². The lowest BCUT2D eigenvalue weighted by Crippen LogP contribution is -2.08. The number of halogens is 1. The van der Waals surface area contributed by atoms with E-state index in [9.17, 15) is 0 Å². The van der Waals surface area contributed by atoms with Gasteiger partial charge in [-0.1, -0.05) is 28.1 Å². The summed E-state index contributed by atoms with van der Waals surface area (Å²) < 4.78 is 1.08. The van der Waals surface area contributed by atoms with Crippen LogP contribution in [0.15, 0.2) is 34.8 Å². The lowest BCUT2D eigenvalue weighted by atomic mass is 10.1. The van der Waals surface area contributed by atoms with Gasteiger partial charge < -0.3 is 5.73 Å².